The molecule has 0 aromatic carbocycles. The second kappa shape index (κ2) is 5.67. The van der Waals surface area contributed by atoms with Crippen LogP contribution in [0.3, 0.4) is 0 Å². The predicted octanol–water partition coefficient (Wildman–Crippen LogP) is 0.277. The Morgan fingerprint density at radius 1 is 1.59 bits per heavy atom. The number of nitrogens with zero attached hydrogens (tertiary/aromatic N) is 1. The third-order valence-corrected chi connectivity index (χ3v) is 3.42. The van der Waals surface area contributed by atoms with Crippen molar-refractivity contribution in [3.05, 3.63) is 11.8 Å². The maximum Gasteiger partial charge on any atom is 0.306 e. The van der Waals surface area contributed by atoms with Crippen molar-refractivity contribution in [1.29, 1.82) is 0 Å². The van der Waals surface area contributed by atoms with Crippen LogP contribution in [0, 0.1) is 0 Å². The molecule has 0 aliphatic rings. The van der Waals surface area contributed by atoms with Crippen LogP contribution in [0.15, 0.2) is 6.20 Å². The second-order valence-corrected chi connectivity index (χ2v) is 5.21. The zero-order valence-electron chi connectivity index (χ0n) is 9.69. The number of aromatic nitrogens is 2. The quantitative estimate of drug-likeness (QED) is 0.716. The highest BCUT2D eigenvalue weighted by atomic mass is 32.2. The van der Waals surface area contributed by atoms with Crippen LogP contribution >= 0.6 is 0 Å². The van der Waals surface area contributed by atoms with E-state index in [1.807, 2.05) is 6.92 Å². The number of carbonyl (C=O) groups excluding carboxylic acids is 1. The molecule has 7 nitrogen and oxygen atoms in total. The number of anilines is 1. The molecule has 96 valence electrons. The molecule has 0 aliphatic carbocycles. The van der Waals surface area contributed by atoms with Gasteiger partial charge in [0, 0.05) is 5.56 Å². The summed E-state index contributed by atoms with van der Waals surface area (Å²) in [5, 5.41) is 6.30. The fourth-order valence-electron chi connectivity index (χ4n) is 1.19. The molecule has 0 fully saturated rings. The third-order valence-electron chi connectivity index (χ3n) is 2.16. The van der Waals surface area contributed by atoms with E-state index in [0.29, 0.717) is 12.2 Å². The van der Waals surface area contributed by atoms with Gasteiger partial charge in [-0.15, -0.1) is 0 Å². The highest BCUT2D eigenvalue weighted by molar-refractivity contribution is 7.92. The summed E-state index contributed by atoms with van der Waals surface area (Å²) >= 11 is 0. The molecule has 0 saturated heterocycles. The lowest BCUT2D eigenvalue weighted by molar-refractivity contribution is -0.140. The normalized spacial score (nSPS) is 11.2. The molecule has 2 N–H and O–H groups in total. The molecule has 0 spiro atoms. The molecule has 1 aromatic rings. The lowest BCUT2D eigenvalue weighted by atomic mass is 10.3. The van der Waals surface area contributed by atoms with E-state index in [1.165, 1.54) is 7.11 Å². The molecule has 8 heteroatoms. The summed E-state index contributed by atoms with van der Waals surface area (Å²) in [6, 6.07) is 0. The van der Waals surface area contributed by atoms with Crippen molar-refractivity contribution in [3.63, 3.8) is 0 Å². The molecule has 17 heavy (non-hydrogen) atoms. The number of hydrogen-bond acceptors (Lipinski definition) is 5. The first-order valence-corrected chi connectivity index (χ1v) is 6.73. The summed E-state index contributed by atoms with van der Waals surface area (Å²) in [4.78, 5) is 10.8. The smallest absolute Gasteiger partial charge is 0.306 e. The molecule has 0 amide bonds. The van der Waals surface area contributed by atoms with E-state index >= 15 is 0 Å². The SMILES string of the molecule is CCc1cn[nH]c1NS(=O)(=O)CCC(=O)OC. The molecule has 0 radical (unpaired) electrons. The van der Waals surface area contributed by atoms with Crippen LogP contribution in [0.4, 0.5) is 5.82 Å². The lowest BCUT2D eigenvalue weighted by Crippen LogP contribution is -2.20. The van der Waals surface area contributed by atoms with E-state index in [2.05, 4.69) is 19.7 Å². The fraction of sp³-hybridized carbons (Fsp3) is 0.556. The number of esters is 1. The van der Waals surface area contributed by atoms with Crippen LogP contribution in [0.5, 0.6) is 0 Å². The molecule has 1 rings (SSSR count). The Morgan fingerprint density at radius 2 is 2.29 bits per heavy atom. The Morgan fingerprint density at radius 3 is 2.88 bits per heavy atom. The Hall–Kier alpha value is -1.57. The van der Waals surface area contributed by atoms with Crippen LogP contribution < -0.4 is 4.72 Å². The third kappa shape index (κ3) is 4.06. The van der Waals surface area contributed by atoms with Crippen LogP contribution in [-0.4, -0.2) is 37.4 Å². The molecule has 0 saturated carbocycles. The van der Waals surface area contributed by atoms with Gasteiger partial charge in [0.15, 0.2) is 0 Å². The number of H-pyrrole nitrogens is 1. The van der Waals surface area contributed by atoms with Gasteiger partial charge in [-0.2, -0.15) is 5.10 Å². The van der Waals surface area contributed by atoms with Gasteiger partial charge in [-0.3, -0.25) is 14.6 Å². The first kappa shape index (κ1) is 13.5. The van der Waals surface area contributed by atoms with Gasteiger partial charge in [0.05, 0.1) is 25.5 Å². The minimum Gasteiger partial charge on any atom is -0.469 e. The van der Waals surface area contributed by atoms with Crippen molar-refractivity contribution in [2.45, 2.75) is 19.8 Å². The molecule has 0 aliphatic heterocycles. The van der Waals surface area contributed by atoms with Crippen molar-refractivity contribution in [3.8, 4) is 0 Å². The van der Waals surface area contributed by atoms with Gasteiger partial charge < -0.3 is 4.74 Å². The molecule has 1 aromatic heterocycles. The minimum atomic E-state index is -3.56. The van der Waals surface area contributed by atoms with E-state index in [0.717, 1.165) is 5.56 Å². The van der Waals surface area contributed by atoms with Gasteiger partial charge in [0.1, 0.15) is 5.82 Å². The van der Waals surface area contributed by atoms with Crippen molar-refractivity contribution in [2.24, 2.45) is 0 Å². The molecule has 0 bridgehead atoms. The standard InChI is InChI=1S/C9H15N3O4S/c1-3-7-6-10-11-9(7)12-17(14,15)5-4-8(13)16-2/h6H,3-5H2,1-2H3,(H2,10,11,12). The van der Waals surface area contributed by atoms with Crippen molar-refractivity contribution in [1.82, 2.24) is 10.2 Å². The fourth-order valence-corrected chi connectivity index (χ4v) is 2.22. The van der Waals surface area contributed by atoms with Gasteiger partial charge in [0.2, 0.25) is 10.0 Å². The van der Waals surface area contributed by atoms with E-state index in [1.54, 1.807) is 6.20 Å². The largest absolute Gasteiger partial charge is 0.469 e. The maximum absolute atomic E-state index is 11.6. The molecule has 1 heterocycles. The minimum absolute atomic E-state index is 0.179. The van der Waals surface area contributed by atoms with Crippen LogP contribution in [0.1, 0.15) is 18.9 Å². The average Bonchev–Trinajstić information content (AvgIpc) is 2.72. The van der Waals surface area contributed by atoms with Gasteiger partial charge in [-0.25, -0.2) is 8.42 Å². The number of nitrogens with one attached hydrogen (secondary N) is 2. The van der Waals surface area contributed by atoms with E-state index in [9.17, 15) is 13.2 Å². The van der Waals surface area contributed by atoms with Gasteiger partial charge >= 0.3 is 5.97 Å². The Kier molecular flexibility index (Phi) is 4.50. The Balaban J connectivity index is 2.64. The number of aryl methyl sites for hydroxylation is 1. The molecular formula is C9H15N3O4S. The number of aromatic amines is 1. The lowest BCUT2D eigenvalue weighted by Gasteiger charge is -2.06. The zero-order valence-corrected chi connectivity index (χ0v) is 10.5. The monoisotopic (exact) mass is 261 g/mol. The van der Waals surface area contributed by atoms with Crippen LogP contribution in [0.2, 0.25) is 0 Å². The maximum atomic E-state index is 11.6. The summed E-state index contributed by atoms with van der Waals surface area (Å²) < 4.78 is 30.0. The highest BCUT2D eigenvalue weighted by Crippen LogP contribution is 2.13. The first-order valence-electron chi connectivity index (χ1n) is 5.08. The van der Waals surface area contributed by atoms with Gasteiger partial charge in [-0.1, -0.05) is 6.92 Å². The van der Waals surface area contributed by atoms with Gasteiger partial charge in [-0.05, 0) is 6.42 Å². The van der Waals surface area contributed by atoms with Crippen molar-refractivity contribution in [2.75, 3.05) is 17.6 Å². The summed E-state index contributed by atoms with van der Waals surface area (Å²) in [7, 11) is -2.35. The van der Waals surface area contributed by atoms with Crippen LogP contribution in [0.25, 0.3) is 0 Å². The summed E-state index contributed by atoms with van der Waals surface area (Å²) in [5.74, 6) is -0.532. The number of rotatable bonds is 6. The molecule has 0 unspecified atom stereocenters. The molecular weight excluding hydrogens is 246 g/mol. The number of hydrogen-bond donors (Lipinski definition) is 2. The number of carbonyl (C=O) groups is 1. The Labute approximate surface area is 99.6 Å². The van der Waals surface area contributed by atoms with E-state index < -0.39 is 16.0 Å². The average molecular weight is 261 g/mol. The van der Waals surface area contributed by atoms with Crippen molar-refractivity contribution >= 4 is 21.8 Å². The number of methoxy groups -OCH3 is 1. The van der Waals surface area contributed by atoms with Crippen LogP contribution in [-0.2, 0) is 26.0 Å². The predicted molar refractivity (Wildman–Crippen MR) is 62.0 cm³/mol. The van der Waals surface area contributed by atoms with Gasteiger partial charge in [0.25, 0.3) is 0 Å². The van der Waals surface area contributed by atoms with Crippen molar-refractivity contribution < 1.29 is 17.9 Å². The van der Waals surface area contributed by atoms with E-state index in [4.69, 9.17) is 0 Å². The highest BCUT2D eigenvalue weighted by Gasteiger charge is 2.16. The second-order valence-electron chi connectivity index (χ2n) is 3.37. The summed E-state index contributed by atoms with van der Waals surface area (Å²) in [6.45, 7) is 1.89. The number of sulfonamides is 1. The summed E-state index contributed by atoms with van der Waals surface area (Å²) in [5.41, 5.74) is 0.770. The number of ether oxygens (including phenoxy) is 1. The topological polar surface area (TPSA) is 101 Å². The first-order chi connectivity index (χ1) is 7.98. The summed E-state index contributed by atoms with van der Waals surface area (Å²) in [6.07, 6.45) is 2.03. The van der Waals surface area contributed by atoms with E-state index in [-0.39, 0.29) is 12.2 Å². The Bertz CT molecular complexity index is 480. The zero-order chi connectivity index (χ0) is 12.9. The molecule has 0 atom stereocenters.